The van der Waals surface area contributed by atoms with E-state index in [9.17, 15) is 0 Å². The maximum absolute atomic E-state index is 5.97. The van der Waals surface area contributed by atoms with Gasteiger partial charge in [-0.2, -0.15) is 0 Å². The fourth-order valence-corrected chi connectivity index (χ4v) is 1.83. The first-order valence-corrected chi connectivity index (χ1v) is 5.72. The van der Waals surface area contributed by atoms with Crippen molar-refractivity contribution in [2.75, 3.05) is 5.73 Å². The van der Waals surface area contributed by atoms with Crippen molar-refractivity contribution in [2.24, 2.45) is 7.05 Å². The minimum absolute atomic E-state index is 0.271. The molecule has 0 amide bonds. The van der Waals surface area contributed by atoms with Crippen molar-refractivity contribution < 1.29 is 4.74 Å². The number of halogens is 3. The van der Waals surface area contributed by atoms with Gasteiger partial charge in [-0.15, -0.1) is 5.10 Å². The molecule has 1 heterocycles. The smallest absolute Gasteiger partial charge is 0.261 e. The van der Waals surface area contributed by atoms with Gasteiger partial charge >= 0.3 is 0 Å². The number of nitrogens with two attached hydrogens (primary N) is 1. The van der Waals surface area contributed by atoms with Crippen LogP contribution in [0.3, 0.4) is 0 Å². The molecule has 1 aromatic heterocycles. The standard InChI is InChI=1S/C10H8Cl3N3O/c1-16-4-8(14)10(15-16)17-9-3-6(12)5(11)2-7(9)13/h2-4H,14H2,1H3. The molecule has 0 spiro atoms. The highest BCUT2D eigenvalue weighted by atomic mass is 35.5. The van der Waals surface area contributed by atoms with E-state index >= 15 is 0 Å². The van der Waals surface area contributed by atoms with E-state index < -0.39 is 0 Å². The van der Waals surface area contributed by atoms with Gasteiger partial charge in [0, 0.05) is 13.1 Å². The lowest BCUT2D eigenvalue weighted by Crippen LogP contribution is -1.92. The van der Waals surface area contributed by atoms with E-state index in [0.717, 1.165) is 0 Å². The number of hydrogen-bond acceptors (Lipinski definition) is 3. The number of hydrogen-bond donors (Lipinski definition) is 1. The first-order chi connectivity index (χ1) is 7.97. The van der Waals surface area contributed by atoms with Gasteiger partial charge in [0.05, 0.1) is 21.3 Å². The van der Waals surface area contributed by atoms with Gasteiger partial charge in [0.15, 0.2) is 0 Å². The maximum Gasteiger partial charge on any atom is 0.261 e. The van der Waals surface area contributed by atoms with Gasteiger partial charge in [-0.1, -0.05) is 34.8 Å². The molecule has 0 unspecified atom stereocenters. The lowest BCUT2D eigenvalue weighted by molar-refractivity contribution is 0.456. The average Bonchev–Trinajstić information content (AvgIpc) is 2.54. The molecule has 0 aliphatic carbocycles. The minimum atomic E-state index is 0.271. The number of benzene rings is 1. The van der Waals surface area contributed by atoms with Gasteiger partial charge in [0.1, 0.15) is 11.4 Å². The monoisotopic (exact) mass is 291 g/mol. The highest BCUT2D eigenvalue weighted by molar-refractivity contribution is 6.43. The van der Waals surface area contributed by atoms with Crippen molar-refractivity contribution in [1.29, 1.82) is 0 Å². The van der Waals surface area contributed by atoms with E-state index in [4.69, 9.17) is 45.3 Å². The first kappa shape index (κ1) is 12.4. The van der Waals surface area contributed by atoms with Crippen LogP contribution in [0.5, 0.6) is 11.6 Å². The molecule has 2 rings (SSSR count). The van der Waals surface area contributed by atoms with Gasteiger partial charge in [-0.25, -0.2) is 0 Å². The summed E-state index contributed by atoms with van der Waals surface area (Å²) in [4.78, 5) is 0. The van der Waals surface area contributed by atoms with E-state index in [1.807, 2.05) is 0 Å². The molecule has 4 nitrogen and oxygen atoms in total. The first-order valence-electron chi connectivity index (χ1n) is 4.59. The summed E-state index contributed by atoms with van der Waals surface area (Å²) >= 11 is 17.6. The van der Waals surface area contributed by atoms with E-state index in [1.165, 1.54) is 16.8 Å². The minimum Gasteiger partial charge on any atom is -0.434 e. The summed E-state index contributed by atoms with van der Waals surface area (Å²) in [6.45, 7) is 0. The van der Waals surface area contributed by atoms with Crippen molar-refractivity contribution in [2.45, 2.75) is 0 Å². The Morgan fingerprint density at radius 2 is 1.82 bits per heavy atom. The van der Waals surface area contributed by atoms with E-state index in [0.29, 0.717) is 26.5 Å². The van der Waals surface area contributed by atoms with Gasteiger partial charge in [0.2, 0.25) is 0 Å². The number of anilines is 1. The van der Waals surface area contributed by atoms with E-state index in [-0.39, 0.29) is 5.88 Å². The summed E-state index contributed by atoms with van der Waals surface area (Å²) < 4.78 is 7.00. The fourth-order valence-electron chi connectivity index (χ4n) is 1.25. The summed E-state index contributed by atoms with van der Waals surface area (Å²) in [5.41, 5.74) is 6.11. The quantitative estimate of drug-likeness (QED) is 0.858. The Morgan fingerprint density at radius 1 is 1.18 bits per heavy atom. The number of ether oxygens (including phenoxy) is 1. The fraction of sp³-hybridized carbons (Fsp3) is 0.100. The molecule has 7 heteroatoms. The molecular formula is C10H8Cl3N3O. The molecule has 17 heavy (non-hydrogen) atoms. The van der Waals surface area contributed by atoms with Crippen LogP contribution in [0.15, 0.2) is 18.3 Å². The maximum atomic E-state index is 5.97. The zero-order valence-corrected chi connectivity index (χ0v) is 11.0. The molecule has 2 N–H and O–H groups in total. The molecular weight excluding hydrogens is 284 g/mol. The van der Waals surface area contributed by atoms with Crippen LogP contribution in [0.25, 0.3) is 0 Å². The summed E-state index contributed by atoms with van der Waals surface area (Å²) in [5, 5.41) is 5.08. The van der Waals surface area contributed by atoms with Crippen LogP contribution in [0, 0.1) is 0 Å². The highest BCUT2D eigenvalue weighted by Gasteiger charge is 2.12. The van der Waals surface area contributed by atoms with Crippen LogP contribution in [-0.2, 0) is 7.05 Å². The molecule has 0 aliphatic heterocycles. The Labute approximate surface area is 113 Å². The zero-order chi connectivity index (χ0) is 12.6. The van der Waals surface area contributed by atoms with Crippen LogP contribution in [0.4, 0.5) is 5.69 Å². The molecule has 2 aromatic rings. The molecule has 0 saturated heterocycles. The normalized spacial score (nSPS) is 10.6. The molecule has 0 bridgehead atoms. The lowest BCUT2D eigenvalue weighted by atomic mass is 10.3. The molecule has 90 valence electrons. The third-order valence-electron chi connectivity index (χ3n) is 2.00. The summed E-state index contributed by atoms with van der Waals surface area (Å²) in [7, 11) is 1.74. The molecule has 0 atom stereocenters. The topological polar surface area (TPSA) is 53.1 Å². The predicted molar refractivity (Wildman–Crippen MR) is 69.2 cm³/mol. The number of aromatic nitrogens is 2. The predicted octanol–water partition coefficient (Wildman–Crippen LogP) is 3.75. The van der Waals surface area contributed by atoms with Crippen LogP contribution in [0.2, 0.25) is 15.1 Å². The molecule has 0 saturated carbocycles. The van der Waals surface area contributed by atoms with Crippen LogP contribution in [-0.4, -0.2) is 9.78 Å². The van der Waals surface area contributed by atoms with Crippen molar-refractivity contribution >= 4 is 40.5 Å². The van der Waals surface area contributed by atoms with E-state index in [1.54, 1.807) is 13.2 Å². The second-order valence-corrected chi connectivity index (χ2v) is 4.58. The molecule has 0 radical (unpaired) electrons. The Balaban J connectivity index is 2.36. The third kappa shape index (κ3) is 2.60. The van der Waals surface area contributed by atoms with Crippen LogP contribution < -0.4 is 10.5 Å². The lowest BCUT2D eigenvalue weighted by Gasteiger charge is -2.06. The van der Waals surface area contributed by atoms with Gasteiger partial charge in [-0.05, 0) is 6.07 Å². The largest absolute Gasteiger partial charge is 0.434 e. The second-order valence-electron chi connectivity index (χ2n) is 3.36. The summed E-state index contributed by atoms with van der Waals surface area (Å²) in [6, 6.07) is 3.01. The Morgan fingerprint density at radius 3 is 2.41 bits per heavy atom. The average molecular weight is 293 g/mol. The summed E-state index contributed by atoms with van der Waals surface area (Å²) in [6.07, 6.45) is 1.63. The third-order valence-corrected chi connectivity index (χ3v) is 3.02. The van der Waals surface area contributed by atoms with E-state index in [2.05, 4.69) is 5.10 Å². The molecule has 0 fully saturated rings. The Hall–Kier alpha value is -1.10. The Kier molecular flexibility index (Phi) is 3.38. The van der Waals surface area contributed by atoms with Crippen molar-refractivity contribution in [3.05, 3.63) is 33.4 Å². The number of nitrogen functional groups attached to an aromatic ring is 1. The number of nitrogens with zero attached hydrogens (tertiary/aromatic N) is 2. The zero-order valence-electron chi connectivity index (χ0n) is 8.75. The Bertz CT molecular complexity index is 568. The number of rotatable bonds is 2. The van der Waals surface area contributed by atoms with Crippen molar-refractivity contribution in [1.82, 2.24) is 9.78 Å². The van der Waals surface area contributed by atoms with Crippen molar-refractivity contribution in [3.63, 3.8) is 0 Å². The van der Waals surface area contributed by atoms with Crippen LogP contribution >= 0.6 is 34.8 Å². The van der Waals surface area contributed by atoms with Crippen molar-refractivity contribution in [3.8, 4) is 11.6 Å². The molecule has 0 aliphatic rings. The SMILES string of the molecule is Cn1cc(N)c(Oc2cc(Cl)c(Cl)cc2Cl)n1. The van der Waals surface area contributed by atoms with Gasteiger partial charge in [0.25, 0.3) is 5.88 Å². The van der Waals surface area contributed by atoms with Gasteiger partial charge < -0.3 is 10.5 Å². The number of aryl methyl sites for hydroxylation is 1. The van der Waals surface area contributed by atoms with Crippen LogP contribution in [0.1, 0.15) is 0 Å². The second kappa shape index (κ2) is 4.64. The molecule has 1 aromatic carbocycles. The summed E-state index contributed by atoms with van der Waals surface area (Å²) in [5.74, 6) is 0.624. The van der Waals surface area contributed by atoms with Gasteiger partial charge in [-0.3, -0.25) is 4.68 Å². The highest BCUT2D eigenvalue weighted by Crippen LogP contribution is 2.37.